The van der Waals surface area contributed by atoms with Crippen LogP contribution in [0.15, 0.2) is 35.4 Å². The Bertz CT molecular complexity index is 1020. The molecule has 0 aliphatic carbocycles. The second-order valence-corrected chi connectivity index (χ2v) is 9.50. The fourth-order valence-corrected chi connectivity index (χ4v) is 5.49. The summed E-state index contributed by atoms with van der Waals surface area (Å²) < 4.78 is 65.6. The van der Waals surface area contributed by atoms with Crippen molar-refractivity contribution in [2.75, 3.05) is 31.1 Å². The van der Waals surface area contributed by atoms with Gasteiger partial charge in [-0.25, -0.2) is 13.4 Å². The van der Waals surface area contributed by atoms with Crippen molar-refractivity contribution in [2.24, 2.45) is 0 Å². The smallest absolute Gasteiger partial charge is 0.354 e. The van der Waals surface area contributed by atoms with Crippen LogP contribution in [0.1, 0.15) is 12.0 Å². The number of hydrogen-bond donors (Lipinski definition) is 0. The molecule has 1 aromatic carbocycles. The first kappa shape index (κ1) is 22.4. The van der Waals surface area contributed by atoms with Gasteiger partial charge in [-0.1, -0.05) is 34.8 Å². The van der Waals surface area contributed by atoms with E-state index in [1.807, 2.05) is 0 Å². The third-order valence-electron chi connectivity index (χ3n) is 4.42. The zero-order valence-electron chi connectivity index (χ0n) is 14.8. The number of aromatic nitrogens is 1. The second-order valence-electron chi connectivity index (χ2n) is 6.35. The Kier molecular flexibility index (Phi) is 6.55. The number of pyridine rings is 1. The Morgan fingerprint density at radius 3 is 2.31 bits per heavy atom. The molecule has 0 N–H and O–H groups in total. The Morgan fingerprint density at radius 2 is 1.69 bits per heavy atom. The van der Waals surface area contributed by atoms with Gasteiger partial charge in [0.25, 0.3) is 0 Å². The van der Waals surface area contributed by atoms with Crippen LogP contribution in [0.2, 0.25) is 15.1 Å². The van der Waals surface area contributed by atoms with E-state index in [1.165, 1.54) is 22.5 Å². The van der Waals surface area contributed by atoms with Crippen molar-refractivity contribution < 1.29 is 21.6 Å². The Hall–Kier alpha value is -1.26. The molecule has 0 bridgehead atoms. The fourth-order valence-electron chi connectivity index (χ4n) is 2.99. The van der Waals surface area contributed by atoms with Crippen molar-refractivity contribution in [2.45, 2.75) is 17.5 Å². The summed E-state index contributed by atoms with van der Waals surface area (Å²) in [4.78, 5) is 5.46. The Morgan fingerprint density at radius 1 is 0.966 bits per heavy atom. The first-order valence-electron chi connectivity index (χ1n) is 8.43. The van der Waals surface area contributed by atoms with Crippen molar-refractivity contribution in [3.8, 4) is 0 Å². The quantitative estimate of drug-likeness (QED) is 0.613. The monoisotopic (exact) mass is 487 g/mol. The zero-order valence-corrected chi connectivity index (χ0v) is 17.8. The van der Waals surface area contributed by atoms with Gasteiger partial charge in [-0.2, -0.15) is 17.5 Å². The lowest BCUT2D eigenvalue weighted by Crippen LogP contribution is -2.35. The number of benzene rings is 1. The summed E-state index contributed by atoms with van der Waals surface area (Å²) >= 11 is 17.9. The van der Waals surface area contributed by atoms with Gasteiger partial charge in [0.05, 0.1) is 15.6 Å². The van der Waals surface area contributed by atoms with Crippen LogP contribution < -0.4 is 4.90 Å². The van der Waals surface area contributed by atoms with Gasteiger partial charge < -0.3 is 4.90 Å². The molecule has 0 radical (unpaired) electrons. The molecule has 2 heterocycles. The van der Waals surface area contributed by atoms with Crippen LogP contribution >= 0.6 is 34.8 Å². The van der Waals surface area contributed by atoms with Crippen molar-refractivity contribution in [3.05, 3.63) is 51.1 Å². The first-order valence-corrected chi connectivity index (χ1v) is 11.0. The molecule has 1 aromatic heterocycles. The fraction of sp³-hybridized carbons (Fsp3) is 0.353. The first-order chi connectivity index (χ1) is 13.5. The van der Waals surface area contributed by atoms with Gasteiger partial charge in [0.15, 0.2) is 0 Å². The lowest BCUT2D eigenvalue weighted by Gasteiger charge is -2.24. The summed E-state index contributed by atoms with van der Waals surface area (Å²) in [5.41, 5.74) is -0.942. The average molecular weight is 489 g/mol. The highest BCUT2D eigenvalue weighted by Crippen LogP contribution is 2.34. The molecule has 1 aliphatic rings. The van der Waals surface area contributed by atoms with Gasteiger partial charge in [0, 0.05) is 37.4 Å². The van der Waals surface area contributed by atoms with Gasteiger partial charge in [0.2, 0.25) is 10.0 Å². The molecule has 0 amide bonds. The van der Waals surface area contributed by atoms with Crippen LogP contribution in [-0.4, -0.2) is 43.9 Å². The summed E-state index contributed by atoms with van der Waals surface area (Å²) in [6.45, 7) is 0.914. The third-order valence-corrected chi connectivity index (χ3v) is 7.31. The van der Waals surface area contributed by atoms with Gasteiger partial charge >= 0.3 is 6.18 Å². The molecule has 5 nitrogen and oxygen atoms in total. The number of hydrogen-bond acceptors (Lipinski definition) is 4. The minimum absolute atomic E-state index is 0.0195. The molecule has 0 atom stereocenters. The van der Waals surface area contributed by atoms with Gasteiger partial charge in [0.1, 0.15) is 10.7 Å². The molecule has 0 saturated carbocycles. The number of anilines is 1. The Labute approximate surface area is 181 Å². The molecule has 2 aromatic rings. The third kappa shape index (κ3) is 4.91. The van der Waals surface area contributed by atoms with Crippen LogP contribution in [0.4, 0.5) is 19.0 Å². The van der Waals surface area contributed by atoms with Crippen molar-refractivity contribution in [1.29, 1.82) is 0 Å². The number of nitrogens with zero attached hydrogens (tertiary/aromatic N) is 3. The van der Waals surface area contributed by atoms with Crippen LogP contribution in [0.3, 0.4) is 0 Å². The highest BCUT2D eigenvalue weighted by Gasteiger charge is 2.33. The molecule has 1 aliphatic heterocycles. The molecule has 1 fully saturated rings. The van der Waals surface area contributed by atoms with Crippen molar-refractivity contribution in [1.82, 2.24) is 9.29 Å². The van der Waals surface area contributed by atoms with Gasteiger partial charge in [-0.15, -0.1) is 0 Å². The van der Waals surface area contributed by atoms with Crippen LogP contribution in [0.25, 0.3) is 0 Å². The summed E-state index contributed by atoms with van der Waals surface area (Å²) in [7, 11) is -3.86. The topological polar surface area (TPSA) is 53.5 Å². The summed E-state index contributed by atoms with van der Waals surface area (Å²) in [6, 6.07) is 4.95. The summed E-state index contributed by atoms with van der Waals surface area (Å²) in [6.07, 6.45) is -3.39. The van der Waals surface area contributed by atoms with Crippen molar-refractivity contribution in [3.63, 3.8) is 0 Å². The van der Waals surface area contributed by atoms with E-state index in [4.69, 9.17) is 34.8 Å². The van der Waals surface area contributed by atoms with E-state index in [-0.39, 0.29) is 40.4 Å². The average Bonchev–Trinajstić information content (AvgIpc) is 2.87. The molecule has 12 heteroatoms. The largest absolute Gasteiger partial charge is 0.417 e. The van der Waals surface area contributed by atoms with Crippen LogP contribution in [-0.2, 0) is 16.2 Å². The lowest BCUT2D eigenvalue weighted by molar-refractivity contribution is -0.137. The summed E-state index contributed by atoms with van der Waals surface area (Å²) in [5.74, 6) is 0.184. The molecule has 0 spiro atoms. The van der Waals surface area contributed by atoms with Gasteiger partial charge in [-0.05, 0) is 30.7 Å². The van der Waals surface area contributed by atoms with E-state index in [0.717, 1.165) is 6.07 Å². The van der Waals surface area contributed by atoms with E-state index in [2.05, 4.69) is 4.98 Å². The molecule has 29 heavy (non-hydrogen) atoms. The Balaban J connectivity index is 1.80. The number of halogens is 6. The molecule has 3 rings (SSSR count). The maximum atomic E-state index is 13.0. The molecule has 158 valence electrons. The van der Waals surface area contributed by atoms with E-state index in [9.17, 15) is 21.6 Å². The van der Waals surface area contributed by atoms with E-state index in [0.29, 0.717) is 24.2 Å². The molecular formula is C17H15Cl3F3N3O2S. The lowest BCUT2D eigenvalue weighted by atomic mass is 10.2. The zero-order chi connectivity index (χ0) is 21.4. The number of rotatable bonds is 3. The predicted octanol–water partition coefficient (Wildman–Crippen LogP) is 4.96. The van der Waals surface area contributed by atoms with Crippen LogP contribution in [0, 0.1) is 0 Å². The normalized spacial score (nSPS) is 16.7. The highest BCUT2D eigenvalue weighted by molar-refractivity contribution is 7.89. The predicted molar refractivity (Wildman–Crippen MR) is 106 cm³/mol. The van der Waals surface area contributed by atoms with E-state index < -0.39 is 21.8 Å². The second kappa shape index (κ2) is 8.47. The molecular weight excluding hydrogens is 474 g/mol. The number of sulfonamides is 1. The SMILES string of the molecule is O=S(=O)(c1ccc(Cl)cc1Cl)N1CCCN(c2ncc(C(F)(F)F)cc2Cl)CC1. The maximum absolute atomic E-state index is 13.0. The van der Waals surface area contributed by atoms with E-state index >= 15 is 0 Å². The highest BCUT2D eigenvalue weighted by atomic mass is 35.5. The molecule has 1 saturated heterocycles. The minimum Gasteiger partial charge on any atom is -0.354 e. The molecule has 0 unspecified atom stereocenters. The van der Waals surface area contributed by atoms with E-state index in [1.54, 1.807) is 4.90 Å². The maximum Gasteiger partial charge on any atom is 0.417 e. The van der Waals surface area contributed by atoms with Crippen molar-refractivity contribution >= 4 is 50.6 Å². The minimum atomic E-state index is -4.54. The standard InChI is InChI=1S/C17H15Cl3F3N3O2S/c18-12-2-3-15(13(19)9-12)29(27,28)26-5-1-4-25(6-7-26)16-14(20)8-11(10-24-16)17(21,22)23/h2-3,8-10H,1,4-7H2. The summed E-state index contributed by atoms with van der Waals surface area (Å²) in [5, 5.41) is 0.196. The van der Waals surface area contributed by atoms with Gasteiger partial charge in [-0.3, -0.25) is 0 Å². The van der Waals surface area contributed by atoms with Crippen LogP contribution in [0.5, 0.6) is 0 Å². The number of alkyl halides is 3.